The van der Waals surface area contributed by atoms with Gasteiger partial charge in [-0.2, -0.15) is 0 Å². The molecular weight excluding hydrogens is 287 g/mol. The number of hydrogen-bond acceptors (Lipinski definition) is 3. The van der Waals surface area contributed by atoms with Crippen molar-refractivity contribution in [2.24, 2.45) is 0 Å². The van der Waals surface area contributed by atoms with E-state index in [0.717, 1.165) is 16.2 Å². The van der Waals surface area contributed by atoms with Gasteiger partial charge in [0.05, 0.1) is 7.11 Å². The summed E-state index contributed by atoms with van der Waals surface area (Å²) in [7, 11) is 1.63. The van der Waals surface area contributed by atoms with Crippen molar-refractivity contribution in [1.29, 1.82) is 0 Å². The van der Waals surface area contributed by atoms with Crippen LogP contribution < -0.4 is 4.74 Å². The third-order valence-electron chi connectivity index (χ3n) is 2.83. The van der Waals surface area contributed by atoms with Gasteiger partial charge in [0.1, 0.15) is 18.2 Å². The molecular formula is C17H15FO2S. The fourth-order valence-corrected chi connectivity index (χ4v) is 2.85. The average Bonchev–Trinajstić information content (AvgIpc) is 2.52. The molecule has 0 aliphatic rings. The number of benzene rings is 2. The molecule has 0 unspecified atom stereocenters. The van der Waals surface area contributed by atoms with Crippen molar-refractivity contribution in [3.8, 4) is 17.6 Å². The van der Waals surface area contributed by atoms with Crippen LogP contribution in [0.5, 0.6) is 5.75 Å². The van der Waals surface area contributed by atoms with Crippen molar-refractivity contribution in [3.63, 3.8) is 0 Å². The van der Waals surface area contributed by atoms with Gasteiger partial charge in [-0.15, -0.1) is 11.8 Å². The maximum atomic E-state index is 13.3. The number of halogens is 1. The highest BCUT2D eigenvalue weighted by Crippen LogP contribution is 2.31. The Labute approximate surface area is 128 Å². The summed E-state index contributed by atoms with van der Waals surface area (Å²) in [5.74, 6) is 6.47. The maximum absolute atomic E-state index is 13.3. The number of ether oxygens (including phenoxy) is 1. The van der Waals surface area contributed by atoms with Crippen LogP contribution in [0.3, 0.4) is 0 Å². The summed E-state index contributed by atoms with van der Waals surface area (Å²) in [4.78, 5) is 1.02. The standard InChI is InChI=1S/C17H15FO2S/c1-20-16-6-2-3-7-17(16)21-12-14-8-9-15(18)11-13(14)5-4-10-19/h2-3,6-9,11,19H,10,12H2,1H3. The average molecular weight is 302 g/mol. The summed E-state index contributed by atoms with van der Waals surface area (Å²) in [6.45, 7) is -0.240. The Morgan fingerprint density at radius 1 is 1.24 bits per heavy atom. The van der Waals surface area contributed by atoms with E-state index in [4.69, 9.17) is 9.84 Å². The van der Waals surface area contributed by atoms with E-state index in [2.05, 4.69) is 11.8 Å². The van der Waals surface area contributed by atoms with Crippen LogP contribution in [-0.2, 0) is 5.75 Å². The Morgan fingerprint density at radius 2 is 2.05 bits per heavy atom. The number of hydrogen-bond donors (Lipinski definition) is 1. The highest BCUT2D eigenvalue weighted by Gasteiger charge is 2.06. The van der Waals surface area contributed by atoms with Crippen LogP contribution in [0.4, 0.5) is 4.39 Å². The molecule has 21 heavy (non-hydrogen) atoms. The molecule has 0 spiro atoms. The molecule has 0 amide bonds. The molecule has 2 aromatic rings. The van der Waals surface area contributed by atoms with E-state index in [0.29, 0.717) is 11.3 Å². The van der Waals surface area contributed by atoms with Crippen LogP contribution in [0.15, 0.2) is 47.4 Å². The van der Waals surface area contributed by atoms with Crippen LogP contribution in [0.2, 0.25) is 0 Å². The molecule has 0 radical (unpaired) electrons. The van der Waals surface area contributed by atoms with Gasteiger partial charge in [-0.3, -0.25) is 0 Å². The number of aliphatic hydroxyl groups is 1. The molecule has 2 aromatic carbocycles. The van der Waals surface area contributed by atoms with E-state index in [-0.39, 0.29) is 12.4 Å². The van der Waals surface area contributed by atoms with Gasteiger partial charge in [0, 0.05) is 16.2 Å². The molecule has 0 saturated heterocycles. The molecule has 1 N–H and O–H groups in total. The lowest BCUT2D eigenvalue weighted by Crippen LogP contribution is -1.91. The van der Waals surface area contributed by atoms with Crippen LogP contribution in [-0.4, -0.2) is 18.8 Å². The molecule has 0 aliphatic heterocycles. The van der Waals surface area contributed by atoms with Crippen LogP contribution in [0.25, 0.3) is 0 Å². The zero-order valence-electron chi connectivity index (χ0n) is 11.6. The van der Waals surface area contributed by atoms with Crippen molar-refractivity contribution in [2.75, 3.05) is 13.7 Å². The quantitative estimate of drug-likeness (QED) is 0.693. The topological polar surface area (TPSA) is 29.5 Å². The highest BCUT2D eigenvalue weighted by molar-refractivity contribution is 7.98. The Kier molecular flexibility index (Phi) is 5.68. The number of thioether (sulfide) groups is 1. The molecule has 0 saturated carbocycles. The minimum atomic E-state index is -0.330. The molecule has 0 aliphatic carbocycles. The van der Waals surface area contributed by atoms with E-state index < -0.39 is 0 Å². The normalized spacial score (nSPS) is 9.86. The Balaban J connectivity index is 2.20. The lowest BCUT2D eigenvalue weighted by atomic mass is 10.1. The molecule has 0 atom stereocenters. The largest absolute Gasteiger partial charge is 0.496 e. The predicted octanol–water partition coefficient (Wildman–Crippen LogP) is 3.47. The minimum Gasteiger partial charge on any atom is -0.496 e. The van der Waals surface area contributed by atoms with Crippen LogP contribution in [0.1, 0.15) is 11.1 Å². The second kappa shape index (κ2) is 7.72. The summed E-state index contributed by atoms with van der Waals surface area (Å²) in [6, 6.07) is 12.3. The molecule has 108 valence electrons. The fraction of sp³-hybridized carbons (Fsp3) is 0.176. The monoisotopic (exact) mass is 302 g/mol. The van der Waals surface area contributed by atoms with Crippen LogP contribution >= 0.6 is 11.8 Å². The van der Waals surface area contributed by atoms with Gasteiger partial charge in [0.15, 0.2) is 0 Å². The van der Waals surface area contributed by atoms with E-state index in [9.17, 15) is 4.39 Å². The third kappa shape index (κ3) is 4.25. The van der Waals surface area contributed by atoms with Gasteiger partial charge >= 0.3 is 0 Å². The van der Waals surface area contributed by atoms with Crippen LogP contribution in [0, 0.1) is 17.7 Å². The van der Waals surface area contributed by atoms with Gasteiger partial charge in [-0.25, -0.2) is 4.39 Å². The fourth-order valence-electron chi connectivity index (χ4n) is 1.82. The van der Waals surface area contributed by atoms with E-state index in [1.54, 1.807) is 24.9 Å². The first-order valence-electron chi connectivity index (χ1n) is 6.38. The number of rotatable bonds is 4. The van der Waals surface area contributed by atoms with E-state index >= 15 is 0 Å². The second-order valence-corrected chi connectivity index (χ2v) is 5.22. The third-order valence-corrected chi connectivity index (χ3v) is 3.93. The number of para-hydroxylation sites is 1. The van der Waals surface area contributed by atoms with Crippen molar-refractivity contribution in [3.05, 3.63) is 59.4 Å². The Morgan fingerprint density at radius 3 is 2.81 bits per heavy atom. The molecule has 2 nitrogen and oxygen atoms in total. The minimum absolute atomic E-state index is 0.240. The van der Waals surface area contributed by atoms with Gasteiger partial charge in [0.25, 0.3) is 0 Å². The summed E-state index contributed by atoms with van der Waals surface area (Å²) in [6.07, 6.45) is 0. The summed E-state index contributed by atoms with van der Waals surface area (Å²) >= 11 is 1.60. The van der Waals surface area contributed by atoms with E-state index in [1.165, 1.54) is 12.1 Å². The zero-order chi connectivity index (χ0) is 15.1. The first-order chi connectivity index (χ1) is 10.2. The lowest BCUT2D eigenvalue weighted by Gasteiger charge is -2.09. The first-order valence-corrected chi connectivity index (χ1v) is 7.37. The second-order valence-electron chi connectivity index (χ2n) is 4.20. The SMILES string of the molecule is COc1ccccc1SCc1ccc(F)cc1C#CCO. The molecule has 4 heteroatoms. The van der Waals surface area contributed by atoms with Crippen molar-refractivity contribution < 1.29 is 14.2 Å². The number of methoxy groups -OCH3 is 1. The molecule has 0 fully saturated rings. The van der Waals surface area contributed by atoms with Crippen molar-refractivity contribution in [1.82, 2.24) is 0 Å². The summed E-state index contributed by atoms with van der Waals surface area (Å²) < 4.78 is 18.6. The van der Waals surface area contributed by atoms with E-state index in [1.807, 2.05) is 24.3 Å². The first kappa shape index (κ1) is 15.4. The molecule has 0 heterocycles. The smallest absolute Gasteiger partial charge is 0.132 e. The molecule has 2 rings (SSSR count). The van der Waals surface area contributed by atoms with Gasteiger partial charge in [0.2, 0.25) is 0 Å². The highest BCUT2D eigenvalue weighted by atomic mass is 32.2. The Hall–Kier alpha value is -1.96. The Bertz CT molecular complexity index is 674. The molecule has 0 aromatic heterocycles. The summed E-state index contributed by atoms with van der Waals surface area (Å²) in [5, 5.41) is 8.77. The lowest BCUT2D eigenvalue weighted by molar-refractivity contribution is 0.350. The number of aliphatic hydroxyl groups excluding tert-OH is 1. The maximum Gasteiger partial charge on any atom is 0.132 e. The predicted molar refractivity (Wildman–Crippen MR) is 82.9 cm³/mol. The van der Waals surface area contributed by atoms with Gasteiger partial charge in [-0.05, 0) is 29.8 Å². The van der Waals surface area contributed by atoms with Crippen molar-refractivity contribution >= 4 is 11.8 Å². The van der Waals surface area contributed by atoms with Gasteiger partial charge in [-0.1, -0.05) is 30.0 Å². The van der Waals surface area contributed by atoms with Crippen molar-refractivity contribution in [2.45, 2.75) is 10.6 Å². The zero-order valence-corrected chi connectivity index (χ0v) is 12.4. The molecule has 0 bridgehead atoms. The van der Waals surface area contributed by atoms with Gasteiger partial charge < -0.3 is 9.84 Å². The summed E-state index contributed by atoms with van der Waals surface area (Å²) in [5.41, 5.74) is 1.53.